The topological polar surface area (TPSA) is 29.0 Å². The number of allylic oxidation sites excluding steroid dienone is 2. The molecule has 3 aromatic rings. The first-order chi connectivity index (χ1) is 14.4. The molecule has 148 valence electrons. The van der Waals surface area contributed by atoms with Gasteiger partial charge in [0.1, 0.15) is 0 Å². The van der Waals surface area contributed by atoms with E-state index in [1.54, 1.807) is 0 Å². The average molecular weight is 384 g/mol. The molecule has 0 spiro atoms. The zero-order valence-electron chi connectivity index (χ0n) is 17.2. The molecule has 0 unspecified atom stereocenters. The van der Waals surface area contributed by atoms with Gasteiger partial charge in [0.05, 0.1) is 17.1 Å². The van der Waals surface area contributed by atoms with Crippen LogP contribution in [-0.4, -0.2) is 23.1 Å². The largest absolute Gasteiger partial charge is 0.355 e. The predicted molar refractivity (Wildman–Crippen MR) is 122 cm³/mol. The third-order valence-corrected chi connectivity index (χ3v) is 5.38. The molecule has 1 aliphatic heterocycles. The van der Waals surface area contributed by atoms with Crippen molar-refractivity contribution in [1.82, 2.24) is 9.97 Å². The van der Waals surface area contributed by atoms with Crippen LogP contribution in [0.1, 0.15) is 38.3 Å². The molecule has 4 rings (SSSR count). The number of aryl methyl sites for hydroxylation is 1. The number of hydrogen-bond acceptors (Lipinski definition) is 3. The first kappa shape index (κ1) is 19.4. The van der Waals surface area contributed by atoms with Crippen LogP contribution in [0.3, 0.4) is 0 Å². The number of benzene rings is 2. The fourth-order valence-electron chi connectivity index (χ4n) is 3.92. The van der Waals surface area contributed by atoms with Gasteiger partial charge in [0.2, 0.25) is 0 Å². The minimum absolute atomic E-state index is 0.980. The molecule has 0 saturated carbocycles. The molecule has 1 aromatic heterocycles. The molecule has 2 heterocycles. The van der Waals surface area contributed by atoms with Crippen LogP contribution in [-0.2, 0) is 6.42 Å². The van der Waals surface area contributed by atoms with Crippen molar-refractivity contribution < 1.29 is 0 Å². The van der Waals surface area contributed by atoms with Crippen LogP contribution in [0.4, 0.5) is 5.82 Å². The molecule has 0 N–H and O–H groups in total. The first-order valence-electron chi connectivity index (χ1n) is 10.8. The summed E-state index contributed by atoms with van der Waals surface area (Å²) in [5.74, 6) is 1.08. The van der Waals surface area contributed by atoms with E-state index in [1.807, 2.05) is 12.1 Å². The zero-order valence-corrected chi connectivity index (χ0v) is 17.2. The van der Waals surface area contributed by atoms with Gasteiger partial charge in [0.25, 0.3) is 0 Å². The molecule has 29 heavy (non-hydrogen) atoms. The summed E-state index contributed by atoms with van der Waals surface area (Å²) in [6, 6.07) is 20.9. The number of hydrogen-bond donors (Lipinski definition) is 0. The Labute approximate surface area is 174 Å². The Balaban J connectivity index is 1.71. The number of fused-ring (bicyclic) bond motifs is 1. The lowest BCUT2D eigenvalue weighted by molar-refractivity contribution is 0.647. The molecular formula is C26H29N3. The van der Waals surface area contributed by atoms with Crippen LogP contribution < -0.4 is 4.90 Å². The third kappa shape index (κ3) is 4.56. The second kappa shape index (κ2) is 9.51. The van der Waals surface area contributed by atoms with Crippen LogP contribution in [0.15, 0.2) is 72.8 Å². The molecule has 2 aromatic carbocycles. The quantitative estimate of drug-likeness (QED) is 0.354. The van der Waals surface area contributed by atoms with E-state index in [0.29, 0.717) is 0 Å². The normalized spacial score (nSPS) is 13.6. The summed E-state index contributed by atoms with van der Waals surface area (Å²) in [6.07, 6.45) is 10.1. The second-order valence-electron chi connectivity index (χ2n) is 7.54. The van der Waals surface area contributed by atoms with Gasteiger partial charge >= 0.3 is 0 Å². The van der Waals surface area contributed by atoms with Crippen LogP contribution in [0.25, 0.3) is 22.5 Å². The summed E-state index contributed by atoms with van der Waals surface area (Å²) in [6.45, 7) is 4.29. The summed E-state index contributed by atoms with van der Waals surface area (Å²) >= 11 is 0. The van der Waals surface area contributed by atoms with Gasteiger partial charge in [-0.15, -0.1) is 0 Å². The highest BCUT2D eigenvalue weighted by Crippen LogP contribution is 2.34. The summed E-state index contributed by atoms with van der Waals surface area (Å²) in [4.78, 5) is 12.8. The molecule has 0 bridgehead atoms. The van der Waals surface area contributed by atoms with E-state index < -0.39 is 0 Å². The molecule has 0 aliphatic carbocycles. The molecule has 0 fully saturated rings. The van der Waals surface area contributed by atoms with Gasteiger partial charge in [-0.1, -0.05) is 79.7 Å². The van der Waals surface area contributed by atoms with E-state index >= 15 is 0 Å². The highest BCUT2D eigenvalue weighted by molar-refractivity contribution is 5.79. The summed E-state index contributed by atoms with van der Waals surface area (Å²) in [7, 11) is 0. The van der Waals surface area contributed by atoms with Gasteiger partial charge in [-0.05, 0) is 32.1 Å². The molecule has 0 atom stereocenters. The molecule has 0 radical (unpaired) electrons. The van der Waals surface area contributed by atoms with Crippen molar-refractivity contribution in [2.24, 2.45) is 0 Å². The van der Waals surface area contributed by atoms with Gasteiger partial charge in [-0.25, -0.2) is 9.97 Å². The minimum atomic E-state index is 0.980. The number of anilines is 1. The maximum atomic E-state index is 5.20. The maximum Gasteiger partial charge on any atom is 0.151 e. The standard InChI is InChI=1S/C26H29N3/c1-2-3-4-5-12-19-29-20-13-18-23-26(29)28-25(22-16-10-7-11-17-22)24(27-23)21-14-8-6-9-15-21/h3-4,6-11,14-17H,2,5,12-13,18-20H2,1H3/b4-3+. The monoisotopic (exact) mass is 383 g/mol. The second-order valence-corrected chi connectivity index (χ2v) is 7.54. The lowest BCUT2D eigenvalue weighted by Crippen LogP contribution is -2.32. The van der Waals surface area contributed by atoms with Gasteiger partial charge in [-0.2, -0.15) is 0 Å². The Morgan fingerprint density at radius 3 is 2.17 bits per heavy atom. The fraction of sp³-hybridized carbons (Fsp3) is 0.308. The molecular weight excluding hydrogens is 354 g/mol. The fourth-order valence-corrected chi connectivity index (χ4v) is 3.92. The molecule has 1 aliphatic rings. The summed E-state index contributed by atoms with van der Waals surface area (Å²) < 4.78 is 0. The number of aromatic nitrogens is 2. The van der Waals surface area contributed by atoms with Gasteiger partial charge in [-0.3, -0.25) is 0 Å². The van der Waals surface area contributed by atoms with Crippen molar-refractivity contribution in [3.05, 3.63) is 78.5 Å². The lowest BCUT2D eigenvalue weighted by atomic mass is 10.0. The lowest BCUT2D eigenvalue weighted by Gasteiger charge is -2.30. The van der Waals surface area contributed by atoms with Crippen molar-refractivity contribution in [1.29, 1.82) is 0 Å². The van der Waals surface area contributed by atoms with E-state index in [1.165, 1.54) is 0 Å². The highest BCUT2D eigenvalue weighted by atomic mass is 15.2. The Kier molecular flexibility index (Phi) is 6.35. The number of nitrogens with zero attached hydrogens (tertiary/aromatic N) is 3. The molecule has 3 nitrogen and oxygen atoms in total. The first-order valence-corrected chi connectivity index (χ1v) is 10.8. The van der Waals surface area contributed by atoms with Crippen LogP contribution in [0.2, 0.25) is 0 Å². The molecule has 3 heteroatoms. The molecule has 0 saturated heterocycles. The van der Waals surface area contributed by atoms with Crippen LogP contribution >= 0.6 is 0 Å². The van der Waals surface area contributed by atoms with Gasteiger partial charge in [0, 0.05) is 24.2 Å². The Morgan fingerprint density at radius 1 is 0.862 bits per heavy atom. The predicted octanol–water partition coefficient (Wildman–Crippen LogP) is 6.31. The van der Waals surface area contributed by atoms with Crippen molar-refractivity contribution in [2.45, 2.75) is 39.0 Å². The minimum Gasteiger partial charge on any atom is -0.355 e. The zero-order chi connectivity index (χ0) is 19.9. The van der Waals surface area contributed by atoms with Crippen molar-refractivity contribution in [3.8, 4) is 22.5 Å². The number of unbranched alkanes of at least 4 members (excludes halogenated alkanes) is 1. The summed E-state index contributed by atoms with van der Waals surface area (Å²) in [5.41, 5.74) is 5.36. The smallest absolute Gasteiger partial charge is 0.151 e. The summed E-state index contributed by atoms with van der Waals surface area (Å²) in [5, 5.41) is 0. The van der Waals surface area contributed by atoms with Crippen LogP contribution in [0, 0.1) is 0 Å². The van der Waals surface area contributed by atoms with Crippen molar-refractivity contribution in [2.75, 3.05) is 18.0 Å². The Morgan fingerprint density at radius 2 is 1.52 bits per heavy atom. The SMILES string of the molecule is CC/C=C/CCCN1CCCc2nc(-c3ccccc3)c(-c3ccccc3)nc21. The van der Waals surface area contributed by atoms with Crippen LogP contribution in [0.5, 0.6) is 0 Å². The highest BCUT2D eigenvalue weighted by Gasteiger charge is 2.23. The van der Waals surface area contributed by atoms with Crippen molar-refractivity contribution >= 4 is 5.82 Å². The van der Waals surface area contributed by atoms with Gasteiger partial charge < -0.3 is 4.90 Å². The van der Waals surface area contributed by atoms with Gasteiger partial charge in [0.15, 0.2) is 5.82 Å². The van der Waals surface area contributed by atoms with E-state index in [4.69, 9.17) is 9.97 Å². The molecule has 0 amide bonds. The van der Waals surface area contributed by atoms with E-state index in [-0.39, 0.29) is 0 Å². The Bertz CT molecular complexity index is 948. The number of rotatable bonds is 7. The van der Waals surface area contributed by atoms with E-state index in [0.717, 1.165) is 79.2 Å². The van der Waals surface area contributed by atoms with E-state index in [2.05, 4.69) is 72.5 Å². The van der Waals surface area contributed by atoms with Crippen molar-refractivity contribution in [3.63, 3.8) is 0 Å². The van der Waals surface area contributed by atoms with E-state index in [9.17, 15) is 0 Å². The maximum absolute atomic E-state index is 5.20. The average Bonchev–Trinajstić information content (AvgIpc) is 2.79. The third-order valence-electron chi connectivity index (χ3n) is 5.38. The Hall–Kier alpha value is -2.94.